The lowest BCUT2D eigenvalue weighted by atomic mass is 10.0. The van der Waals surface area contributed by atoms with E-state index in [0.29, 0.717) is 6.04 Å². The lowest BCUT2D eigenvalue weighted by Crippen LogP contribution is -2.18. The molecule has 0 aromatic carbocycles. The molecule has 1 saturated carbocycles. The van der Waals surface area contributed by atoms with Crippen molar-refractivity contribution in [3.8, 4) is 0 Å². The van der Waals surface area contributed by atoms with Crippen molar-refractivity contribution in [3.63, 3.8) is 0 Å². The molecule has 2 aliphatic carbocycles. The van der Waals surface area contributed by atoms with E-state index < -0.39 is 0 Å². The molecule has 2 atom stereocenters. The van der Waals surface area contributed by atoms with Gasteiger partial charge in [0.25, 0.3) is 0 Å². The van der Waals surface area contributed by atoms with Gasteiger partial charge in [0.15, 0.2) is 11.5 Å². The summed E-state index contributed by atoms with van der Waals surface area (Å²) >= 11 is 0. The zero-order valence-corrected chi connectivity index (χ0v) is 12.5. The van der Waals surface area contributed by atoms with Crippen molar-refractivity contribution < 1.29 is 5.11 Å². The number of nitrogens with zero attached hydrogens (tertiary/aromatic N) is 4. The minimum atomic E-state index is 0.129. The van der Waals surface area contributed by atoms with Crippen LogP contribution in [0.5, 0.6) is 0 Å². The highest BCUT2D eigenvalue weighted by Crippen LogP contribution is 2.32. The Balaban J connectivity index is 1.68. The first-order valence-electron chi connectivity index (χ1n) is 8.08. The first kappa shape index (κ1) is 13.7. The topological polar surface area (TPSA) is 75.9 Å². The van der Waals surface area contributed by atoms with Gasteiger partial charge in [-0.15, -0.1) is 0 Å². The molecular formula is C16H21N5O. The molecule has 1 fully saturated rings. The van der Waals surface area contributed by atoms with Gasteiger partial charge in [-0.05, 0) is 19.3 Å². The van der Waals surface area contributed by atoms with Gasteiger partial charge < -0.3 is 15.0 Å². The van der Waals surface area contributed by atoms with Crippen molar-refractivity contribution in [2.24, 2.45) is 5.92 Å². The van der Waals surface area contributed by atoms with E-state index in [-0.39, 0.29) is 18.6 Å². The van der Waals surface area contributed by atoms with Gasteiger partial charge in [0.05, 0.1) is 12.4 Å². The second kappa shape index (κ2) is 5.68. The van der Waals surface area contributed by atoms with Gasteiger partial charge in [0, 0.05) is 18.6 Å². The summed E-state index contributed by atoms with van der Waals surface area (Å²) in [6, 6.07) is 0.629. The van der Waals surface area contributed by atoms with Crippen molar-refractivity contribution in [2.45, 2.75) is 44.2 Å². The van der Waals surface area contributed by atoms with Gasteiger partial charge in [-0.2, -0.15) is 0 Å². The number of rotatable bonds is 4. The predicted octanol–water partition coefficient (Wildman–Crippen LogP) is 2.29. The zero-order chi connectivity index (χ0) is 14.9. The van der Waals surface area contributed by atoms with Crippen LogP contribution in [0.15, 0.2) is 24.8 Å². The Morgan fingerprint density at radius 2 is 2.09 bits per heavy atom. The molecule has 2 aromatic rings. The molecule has 0 aliphatic heterocycles. The molecule has 2 heterocycles. The molecule has 0 radical (unpaired) electrons. The molecular weight excluding hydrogens is 278 g/mol. The molecule has 0 saturated heterocycles. The lowest BCUT2D eigenvalue weighted by molar-refractivity contribution is 0.205. The number of aromatic nitrogens is 4. The molecule has 6 nitrogen and oxygen atoms in total. The van der Waals surface area contributed by atoms with Crippen molar-refractivity contribution in [2.75, 3.05) is 11.9 Å². The molecule has 0 amide bonds. The number of allylic oxidation sites excluding steroid dienone is 2. The van der Waals surface area contributed by atoms with E-state index in [9.17, 15) is 5.11 Å². The minimum absolute atomic E-state index is 0.129. The van der Waals surface area contributed by atoms with E-state index in [4.69, 9.17) is 0 Å². The van der Waals surface area contributed by atoms with Gasteiger partial charge in [-0.3, -0.25) is 0 Å². The molecule has 2 N–H and O–H groups in total. The average molecular weight is 299 g/mol. The number of fused-ring (bicyclic) bond motifs is 1. The second-order valence-electron chi connectivity index (χ2n) is 6.27. The Morgan fingerprint density at radius 3 is 2.91 bits per heavy atom. The van der Waals surface area contributed by atoms with Crippen molar-refractivity contribution in [1.29, 1.82) is 0 Å². The number of hydrogen-bond donors (Lipinski definition) is 2. The molecule has 4 rings (SSSR count). The SMILES string of the molecule is OC[C@@H]1CC=C[C@@H]1n1cnc2c(NC3CCCC3)ncnc21. The molecule has 2 aromatic heterocycles. The Bertz CT molecular complexity index is 689. The molecule has 0 bridgehead atoms. The maximum Gasteiger partial charge on any atom is 0.165 e. The first-order valence-corrected chi connectivity index (χ1v) is 8.08. The van der Waals surface area contributed by atoms with Crippen LogP contribution in [0.1, 0.15) is 38.1 Å². The number of nitrogens with one attached hydrogen (secondary N) is 1. The lowest BCUT2D eigenvalue weighted by Gasteiger charge is -2.19. The van der Waals surface area contributed by atoms with E-state index in [1.807, 2.05) is 6.33 Å². The summed E-state index contributed by atoms with van der Waals surface area (Å²) in [5.74, 6) is 1.04. The van der Waals surface area contributed by atoms with Gasteiger partial charge in [-0.1, -0.05) is 25.0 Å². The number of aliphatic hydroxyl groups is 1. The fraction of sp³-hybridized carbons (Fsp3) is 0.562. The third-order valence-electron chi connectivity index (χ3n) is 4.87. The van der Waals surface area contributed by atoms with E-state index in [2.05, 4.69) is 37.0 Å². The highest BCUT2D eigenvalue weighted by Gasteiger charge is 2.26. The molecule has 0 spiro atoms. The van der Waals surface area contributed by atoms with Crippen molar-refractivity contribution in [3.05, 3.63) is 24.8 Å². The first-order chi connectivity index (χ1) is 10.9. The van der Waals surface area contributed by atoms with Crippen LogP contribution in [0.3, 0.4) is 0 Å². The number of aliphatic hydroxyl groups excluding tert-OH is 1. The average Bonchev–Trinajstić information content (AvgIpc) is 3.27. The fourth-order valence-electron chi connectivity index (χ4n) is 3.63. The van der Waals surface area contributed by atoms with Crippen LogP contribution < -0.4 is 5.32 Å². The standard InChI is InChI=1S/C16H21N5O/c22-8-11-4-3-7-13(11)21-10-19-14-15(17-9-18-16(14)21)20-12-5-1-2-6-12/h3,7,9-13,22H,1-2,4-6,8H2,(H,17,18,20)/t11-,13-/m0/s1. The third-order valence-corrected chi connectivity index (χ3v) is 4.87. The number of hydrogen-bond acceptors (Lipinski definition) is 5. The Morgan fingerprint density at radius 1 is 1.23 bits per heavy atom. The van der Waals surface area contributed by atoms with Gasteiger partial charge in [0.2, 0.25) is 0 Å². The number of anilines is 1. The highest BCUT2D eigenvalue weighted by molar-refractivity contribution is 5.83. The summed E-state index contributed by atoms with van der Waals surface area (Å²) in [6.07, 6.45) is 13.5. The molecule has 116 valence electrons. The second-order valence-corrected chi connectivity index (χ2v) is 6.27. The molecule has 0 unspecified atom stereocenters. The molecule has 22 heavy (non-hydrogen) atoms. The van der Waals surface area contributed by atoms with Crippen LogP contribution >= 0.6 is 0 Å². The summed E-state index contributed by atoms with van der Waals surface area (Å²) in [7, 11) is 0. The minimum Gasteiger partial charge on any atom is -0.396 e. The van der Waals surface area contributed by atoms with Crippen LogP contribution in [0.25, 0.3) is 11.2 Å². The Labute approximate surface area is 129 Å². The maximum absolute atomic E-state index is 9.53. The predicted molar refractivity (Wildman–Crippen MR) is 84.6 cm³/mol. The highest BCUT2D eigenvalue weighted by atomic mass is 16.3. The largest absolute Gasteiger partial charge is 0.396 e. The van der Waals surface area contributed by atoms with E-state index in [1.165, 1.54) is 25.7 Å². The summed E-state index contributed by atoms with van der Waals surface area (Å²) in [6.45, 7) is 0.176. The van der Waals surface area contributed by atoms with Gasteiger partial charge >= 0.3 is 0 Å². The summed E-state index contributed by atoms with van der Waals surface area (Å²) in [5, 5.41) is 13.1. The van der Waals surface area contributed by atoms with Crippen LogP contribution in [0.4, 0.5) is 5.82 Å². The smallest absolute Gasteiger partial charge is 0.165 e. The quantitative estimate of drug-likeness (QED) is 0.847. The van der Waals surface area contributed by atoms with Gasteiger partial charge in [0.1, 0.15) is 11.8 Å². The van der Waals surface area contributed by atoms with E-state index in [1.54, 1.807) is 6.33 Å². The molecule has 6 heteroatoms. The molecule has 2 aliphatic rings. The van der Waals surface area contributed by atoms with Crippen LogP contribution in [-0.2, 0) is 0 Å². The van der Waals surface area contributed by atoms with Crippen LogP contribution in [-0.4, -0.2) is 37.3 Å². The number of imidazole rings is 1. The maximum atomic E-state index is 9.53. The monoisotopic (exact) mass is 299 g/mol. The summed E-state index contributed by atoms with van der Waals surface area (Å²) < 4.78 is 2.06. The summed E-state index contributed by atoms with van der Waals surface area (Å²) in [4.78, 5) is 13.3. The third kappa shape index (κ3) is 2.27. The summed E-state index contributed by atoms with van der Waals surface area (Å²) in [5.41, 5.74) is 1.66. The zero-order valence-electron chi connectivity index (χ0n) is 12.5. The van der Waals surface area contributed by atoms with E-state index >= 15 is 0 Å². The normalized spacial score (nSPS) is 25.3. The fourth-order valence-corrected chi connectivity index (χ4v) is 3.63. The Hall–Kier alpha value is -1.95. The van der Waals surface area contributed by atoms with Gasteiger partial charge in [-0.25, -0.2) is 15.0 Å². The van der Waals surface area contributed by atoms with E-state index in [0.717, 1.165) is 23.4 Å². The van der Waals surface area contributed by atoms with Crippen molar-refractivity contribution in [1.82, 2.24) is 19.5 Å². The Kier molecular flexibility index (Phi) is 3.54. The van der Waals surface area contributed by atoms with Crippen molar-refractivity contribution >= 4 is 17.0 Å². The van der Waals surface area contributed by atoms with Crippen LogP contribution in [0, 0.1) is 5.92 Å². The van der Waals surface area contributed by atoms with Crippen LogP contribution in [0.2, 0.25) is 0 Å².